The average Bonchev–Trinajstić information content (AvgIpc) is 2.57. The molecule has 98 valence electrons. The molecule has 0 saturated carbocycles. The van der Waals surface area contributed by atoms with E-state index < -0.39 is 17.1 Å². The van der Waals surface area contributed by atoms with Gasteiger partial charge in [0, 0.05) is 0 Å². The van der Waals surface area contributed by atoms with Crippen LogP contribution in [0.2, 0.25) is 0 Å². The van der Waals surface area contributed by atoms with Gasteiger partial charge in [-0.15, -0.1) is 0 Å². The van der Waals surface area contributed by atoms with Crippen molar-refractivity contribution in [1.29, 1.82) is 0 Å². The number of rotatable bonds is 1. The highest BCUT2D eigenvalue weighted by molar-refractivity contribution is 5.84. The molecule has 0 aromatic heterocycles. The number of fused-ring (bicyclic) bond motifs is 1. The first-order chi connectivity index (χ1) is 8.24. The van der Waals surface area contributed by atoms with Gasteiger partial charge in [0.2, 0.25) is 0 Å². The largest absolute Gasteiger partial charge is 0.458 e. The molecule has 0 amide bonds. The smallest absolute Gasteiger partial charge is 0.331 e. The second-order valence-electron chi connectivity index (χ2n) is 5.74. The number of nitrogens with two attached hydrogens (primary N) is 1. The Labute approximate surface area is 106 Å². The minimum absolute atomic E-state index is 0.302. The Morgan fingerprint density at radius 1 is 1.44 bits per heavy atom. The number of ether oxygens (including phenoxy) is 1. The van der Waals surface area contributed by atoms with Gasteiger partial charge in [0.05, 0.1) is 0 Å². The lowest BCUT2D eigenvalue weighted by atomic mass is 9.93. The van der Waals surface area contributed by atoms with Gasteiger partial charge in [-0.3, -0.25) is 0 Å². The Morgan fingerprint density at radius 3 is 2.72 bits per heavy atom. The zero-order valence-electron chi connectivity index (χ0n) is 10.9. The first kappa shape index (κ1) is 13.0. The van der Waals surface area contributed by atoms with E-state index in [9.17, 15) is 9.18 Å². The maximum absolute atomic E-state index is 13.6. The lowest BCUT2D eigenvalue weighted by Gasteiger charge is -2.28. The van der Waals surface area contributed by atoms with Crippen LogP contribution in [0.15, 0.2) is 18.2 Å². The minimum atomic E-state index is -1.22. The van der Waals surface area contributed by atoms with Crippen molar-refractivity contribution < 1.29 is 13.9 Å². The summed E-state index contributed by atoms with van der Waals surface area (Å²) < 4.78 is 19.0. The summed E-state index contributed by atoms with van der Waals surface area (Å²) in [6.45, 7) is 5.36. The fraction of sp³-hybridized carbons (Fsp3) is 0.500. The van der Waals surface area contributed by atoms with Crippen LogP contribution in [0.1, 0.15) is 38.3 Å². The molecule has 2 N–H and O–H groups in total. The number of halogens is 1. The van der Waals surface area contributed by atoms with Gasteiger partial charge in [0.25, 0.3) is 0 Å². The normalized spacial score (nSPS) is 22.7. The highest BCUT2D eigenvalue weighted by Gasteiger charge is 2.45. The van der Waals surface area contributed by atoms with Crippen LogP contribution >= 0.6 is 0 Å². The Hall–Kier alpha value is -1.42. The van der Waals surface area contributed by atoms with Crippen molar-refractivity contribution in [2.45, 2.75) is 44.8 Å². The van der Waals surface area contributed by atoms with Gasteiger partial charge in [-0.05, 0) is 50.8 Å². The van der Waals surface area contributed by atoms with Gasteiger partial charge in [0.1, 0.15) is 17.0 Å². The fourth-order valence-corrected chi connectivity index (χ4v) is 2.27. The molecule has 1 aromatic rings. The van der Waals surface area contributed by atoms with E-state index in [2.05, 4.69) is 0 Å². The molecule has 1 aliphatic rings. The number of hydrogen-bond donors (Lipinski definition) is 1. The summed E-state index contributed by atoms with van der Waals surface area (Å²) in [6.07, 6.45) is 0.857. The Kier molecular flexibility index (Phi) is 2.93. The van der Waals surface area contributed by atoms with Crippen LogP contribution < -0.4 is 5.73 Å². The molecule has 0 bridgehead atoms. The molecule has 0 heterocycles. The van der Waals surface area contributed by atoms with Crippen LogP contribution in [0.25, 0.3) is 0 Å². The number of esters is 1. The van der Waals surface area contributed by atoms with Crippen molar-refractivity contribution in [2.75, 3.05) is 0 Å². The van der Waals surface area contributed by atoms with Gasteiger partial charge >= 0.3 is 5.97 Å². The summed E-state index contributed by atoms with van der Waals surface area (Å²) in [5.74, 6) is -0.789. The molecule has 18 heavy (non-hydrogen) atoms. The molecule has 0 fully saturated rings. The first-order valence-corrected chi connectivity index (χ1v) is 6.04. The number of benzene rings is 1. The SMILES string of the molecule is CC(C)(C)OC(=O)C1(N)CCc2c(F)cccc21. The van der Waals surface area contributed by atoms with Crippen LogP contribution in [-0.4, -0.2) is 11.6 Å². The molecule has 3 nitrogen and oxygen atoms in total. The van der Waals surface area contributed by atoms with Gasteiger partial charge in [-0.25, -0.2) is 9.18 Å². The summed E-state index contributed by atoms with van der Waals surface area (Å²) in [5.41, 5.74) is 5.42. The van der Waals surface area contributed by atoms with E-state index in [1.807, 2.05) is 0 Å². The maximum atomic E-state index is 13.6. The fourth-order valence-electron chi connectivity index (χ4n) is 2.27. The maximum Gasteiger partial charge on any atom is 0.331 e. The summed E-state index contributed by atoms with van der Waals surface area (Å²) >= 11 is 0. The minimum Gasteiger partial charge on any atom is -0.458 e. The Morgan fingerprint density at radius 2 is 2.11 bits per heavy atom. The van der Waals surface area contributed by atoms with Gasteiger partial charge in [-0.1, -0.05) is 12.1 Å². The zero-order valence-corrected chi connectivity index (χ0v) is 10.9. The second-order valence-corrected chi connectivity index (χ2v) is 5.74. The second kappa shape index (κ2) is 4.05. The van der Waals surface area contributed by atoms with E-state index in [-0.39, 0.29) is 5.82 Å². The van der Waals surface area contributed by atoms with Crippen molar-refractivity contribution in [3.63, 3.8) is 0 Å². The molecule has 1 atom stereocenters. The van der Waals surface area contributed by atoms with Gasteiger partial charge in [-0.2, -0.15) is 0 Å². The highest BCUT2D eigenvalue weighted by Crippen LogP contribution is 2.37. The van der Waals surface area contributed by atoms with Gasteiger partial charge < -0.3 is 10.5 Å². The van der Waals surface area contributed by atoms with Gasteiger partial charge in [0.15, 0.2) is 0 Å². The quantitative estimate of drug-likeness (QED) is 0.779. The monoisotopic (exact) mass is 251 g/mol. The number of hydrogen-bond acceptors (Lipinski definition) is 3. The Bertz CT molecular complexity index is 493. The van der Waals surface area contributed by atoms with E-state index >= 15 is 0 Å². The lowest BCUT2D eigenvalue weighted by molar-refractivity contribution is -0.162. The summed E-state index contributed by atoms with van der Waals surface area (Å²) in [6, 6.07) is 4.67. The Balaban J connectivity index is 2.36. The van der Waals surface area contributed by atoms with Crippen LogP contribution in [0, 0.1) is 5.82 Å². The predicted molar refractivity (Wildman–Crippen MR) is 66.4 cm³/mol. The molecule has 0 radical (unpaired) electrons. The molecule has 0 saturated heterocycles. The standard InChI is InChI=1S/C14H18FNO2/c1-13(2,3)18-12(17)14(16)8-7-9-10(14)5-4-6-11(9)15/h4-6H,7-8,16H2,1-3H3. The van der Waals surface area contributed by atoms with Crippen molar-refractivity contribution in [3.8, 4) is 0 Å². The van der Waals surface area contributed by atoms with Crippen LogP contribution in [0.5, 0.6) is 0 Å². The average molecular weight is 251 g/mol. The molecule has 0 spiro atoms. The lowest BCUT2D eigenvalue weighted by Crippen LogP contribution is -2.46. The molecule has 1 unspecified atom stereocenters. The van der Waals surface area contributed by atoms with Crippen LogP contribution in [0.3, 0.4) is 0 Å². The topological polar surface area (TPSA) is 52.3 Å². The van der Waals surface area contributed by atoms with Crippen LogP contribution in [0.4, 0.5) is 4.39 Å². The van der Waals surface area contributed by atoms with Crippen LogP contribution in [-0.2, 0) is 21.5 Å². The molecular weight excluding hydrogens is 233 g/mol. The van der Waals surface area contributed by atoms with E-state index in [0.717, 1.165) is 0 Å². The molecule has 1 aliphatic carbocycles. The van der Waals surface area contributed by atoms with Crippen molar-refractivity contribution >= 4 is 5.97 Å². The van der Waals surface area contributed by atoms with E-state index in [1.165, 1.54) is 6.07 Å². The number of carbonyl (C=O) groups excluding carboxylic acids is 1. The summed E-state index contributed by atoms with van der Waals surface area (Å²) in [4.78, 5) is 12.2. The van der Waals surface area contributed by atoms with Crippen molar-refractivity contribution in [3.05, 3.63) is 35.1 Å². The summed E-state index contributed by atoms with van der Waals surface area (Å²) in [5, 5.41) is 0. The first-order valence-electron chi connectivity index (χ1n) is 6.04. The molecule has 1 aromatic carbocycles. The molecule has 2 rings (SSSR count). The zero-order chi connectivity index (χ0) is 13.6. The molecular formula is C14H18FNO2. The molecule has 0 aliphatic heterocycles. The van der Waals surface area contributed by atoms with E-state index in [1.54, 1.807) is 32.9 Å². The molecule has 4 heteroatoms. The van der Waals surface area contributed by atoms with Crippen molar-refractivity contribution in [2.24, 2.45) is 5.73 Å². The summed E-state index contributed by atoms with van der Waals surface area (Å²) in [7, 11) is 0. The third-order valence-electron chi connectivity index (χ3n) is 3.13. The third kappa shape index (κ3) is 2.12. The predicted octanol–water partition coefficient (Wildman–Crippen LogP) is 2.27. The number of carbonyl (C=O) groups is 1. The third-order valence-corrected chi connectivity index (χ3v) is 3.13. The highest BCUT2D eigenvalue weighted by atomic mass is 19.1. The van der Waals surface area contributed by atoms with Crippen molar-refractivity contribution in [1.82, 2.24) is 0 Å². The van der Waals surface area contributed by atoms with E-state index in [4.69, 9.17) is 10.5 Å². The van der Waals surface area contributed by atoms with E-state index in [0.29, 0.717) is 24.0 Å².